The molecule has 0 aliphatic rings. The van der Waals surface area contributed by atoms with Gasteiger partial charge in [-0.2, -0.15) is 5.26 Å². The highest BCUT2D eigenvalue weighted by Crippen LogP contribution is 2.29. The first kappa shape index (κ1) is 19.7. The largest absolute Gasteiger partial charge is 0.452 e. The zero-order valence-electron chi connectivity index (χ0n) is 15.1. The number of hydrogen-bond acceptors (Lipinski definition) is 5. The highest BCUT2D eigenvalue weighted by Gasteiger charge is 2.30. The molecule has 0 saturated heterocycles. The van der Waals surface area contributed by atoms with Crippen molar-refractivity contribution >= 4 is 28.2 Å². The maximum absolute atomic E-state index is 12.7. The summed E-state index contributed by atoms with van der Waals surface area (Å²) in [4.78, 5) is 25.1. The number of amides is 1. The summed E-state index contributed by atoms with van der Waals surface area (Å²) in [6, 6.07) is 13.1. The van der Waals surface area contributed by atoms with Crippen LogP contribution < -0.4 is 5.32 Å². The van der Waals surface area contributed by atoms with E-state index in [0.717, 1.165) is 12.0 Å². The number of esters is 1. The van der Waals surface area contributed by atoms with Gasteiger partial charge in [0, 0.05) is 0 Å². The third-order valence-corrected chi connectivity index (χ3v) is 5.14. The second-order valence-corrected chi connectivity index (χ2v) is 7.03. The Labute approximate surface area is 157 Å². The van der Waals surface area contributed by atoms with Crippen molar-refractivity contribution in [3.63, 3.8) is 0 Å². The predicted molar refractivity (Wildman–Crippen MR) is 102 cm³/mol. The van der Waals surface area contributed by atoms with E-state index in [1.54, 1.807) is 11.4 Å². The van der Waals surface area contributed by atoms with Crippen LogP contribution in [0.2, 0.25) is 0 Å². The van der Waals surface area contributed by atoms with E-state index in [1.165, 1.54) is 18.3 Å². The van der Waals surface area contributed by atoms with Gasteiger partial charge >= 0.3 is 5.97 Å². The van der Waals surface area contributed by atoms with Crippen LogP contribution in [0.5, 0.6) is 0 Å². The number of ether oxygens (including phenoxy) is 1. The lowest BCUT2D eigenvalue weighted by Crippen LogP contribution is -2.33. The molecule has 1 aromatic heterocycles. The fraction of sp³-hybridized carbons (Fsp3) is 0.350. The second kappa shape index (κ2) is 9.16. The molecule has 0 saturated carbocycles. The molecule has 136 valence electrons. The molecule has 1 N–H and O–H groups in total. The molecule has 1 heterocycles. The van der Waals surface area contributed by atoms with Crippen molar-refractivity contribution in [2.45, 2.75) is 39.2 Å². The van der Waals surface area contributed by atoms with Gasteiger partial charge in [0.2, 0.25) is 0 Å². The molecule has 5 nitrogen and oxygen atoms in total. The molecular weight excluding hydrogens is 348 g/mol. The van der Waals surface area contributed by atoms with Gasteiger partial charge in [-0.3, -0.25) is 9.59 Å². The lowest BCUT2D eigenvalue weighted by atomic mass is 9.85. The van der Waals surface area contributed by atoms with Crippen LogP contribution in [0.25, 0.3) is 0 Å². The van der Waals surface area contributed by atoms with Crippen LogP contribution in [-0.4, -0.2) is 18.0 Å². The summed E-state index contributed by atoms with van der Waals surface area (Å²) >= 11 is 1.26. The van der Waals surface area contributed by atoms with Gasteiger partial charge in [-0.15, -0.1) is 11.3 Å². The van der Waals surface area contributed by atoms with Gasteiger partial charge in [0.05, 0.1) is 11.5 Å². The number of anilines is 1. The van der Waals surface area contributed by atoms with Crippen LogP contribution in [0.4, 0.5) is 5.00 Å². The quantitative estimate of drug-likeness (QED) is 0.736. The maximum Gasteiger partial charge on any atom is 0.314 e. The van der Waals surface area contributed by atoms with Crippen molar-refractivity contribution in [2.24, 2.45) is 5.92 Å². The van der Waals surface area contributed by atoms with Crippen LogP contribution in [0.15, 0.2) is 41.8 Å². The van der Waals surface area contributed by atoms with E-state index < -0.39 is 23.9 Å². The summed E-state index contributed by atoms with van der Waals surface area (Å²) in [6.07, 6.45) is -0.137. The summed E-state index contributed by atoms with van der Waals surface area (Å²) in [5.74, 6) is -1.20. The number of thiophene rings is 1. The molecule has 6 heteroatoms. The molecule has 0 aliphatic heterocycles. The minimum atomic E-state index is -0.952. The molecule has 2 aromatic rings. The third kappa shape index (κ3) is 4.70. The molecule has 0 unspecified atom stereocenters. The Morgan fingerprint density at radius 2 is 1.92 bits per heavy atom. The fourth-order valence-corrected chi connectivity index (χ4v) is 3.34. The van der Waals surface area contributed by atoms with Gasteiger partial charge in [-0.1, -0.05) is 50.6 Å². The number of nitrogens with zero attached hydrogens (tertiary/aromatic N) is 1. The normalized spacial score (nSPS) is 13.9. The van der Waals surface area contributed by atoms with Crippen molar-refractivity contribution in [2.75, 3.05) is 5.32 Å². The Bertz CT molecular complexity index is 795. The van der Waals surface area contributed by atoms with Crippen molar-refractivity contribution in [1.82, 2.24) is 0 Å². The van der Waals surface area contributed by atoms with Crippen molar-refractivity contribution in [1.29, 1.82) is 5.26 Å². The summed E-state index contributed by atoms with van der Waals surface area (Å²) in [5.41, 5.74) is 1.27. The highest BCUT2D eigenvalue weighted by molar-refractivity contribution is 7.14. The zero-order valence-corrected chi connectivity index (χ0v) is 15.9. The van der Waals surface area contributed by atoms with Crippen molar-refractivity contribution in [3.8, 4) is 6.07 Å². The van der Waals surface area contributed by atoms with Gasteiger partial charge in [0.25, 0.3) is 5.91 Å². The Morgan fingerprint density at radius 3 is 2.54 bits per heavy atom. The number of nitrogens with one attached hydrogen (secondary N) is 1. The van der Waals surface area contributed by atoms with Crippen molar-refractivity contribution < 1.29 is 14.3 Å². The molecule has 1 amide bonds. The van der Waals surface area contributed by atoms with E-state index in [-0.39, 0.29) is 5.92 Å². The summed E-state index contributed by atoms with van der Waals surface area (Å²) in [6.45, 7) is 5.55. The molecular formula is C20H22N2O3S. The van der Waals surface area contributed by atoms with Crippen LogP contribution in [0.3, 0.4) is 0 Å². The SMILES string of the molecule is CC[C@@H](C)[C@@H](C(=O)O[C@@H](C)C(=O)Nc1sccc1C#N)c1ccccc1. The van der Waals surface area contributed by atoms with Gasteiger partial charge in [0.15, 0.2) is 6.10 Å². The molecule has 26 heavy (non-hydrogen) atoms. The standard InChI is InChI=1S/C20H22N2O3S/c1-4-13(2)17(15-8-6-5-7-9-15)20(24)25-14(3)18(23)22-19-16(12-21)10-11-26-19/h5-11,13-14,17H,4H2,1-3H3,(H,22,23)/t13-,14+,17-/m1/s1. The van der Waals surface area contributed by atoms with Gasteiger partial charge in [0.1, 0.15) is 11.1 Å². The van der Waals surface area contributed by atoms with E-state index in [9.17, 15) is 9.59 Å². The number of carbonyl (C=O) groups is 2. The Kier molecular flexibility index (Phi) is 6.93. The minimum Gasteiger partial charge on any atom is -0.452 e. The molecule has 0 radical (unpaired) electrons. The number of benzene rings is 1. The Morgan fingerprint density at radius 1 is 1.23 bits per heavy atom. The van der Waals surface area contributed by atoms with Crippen LogP contribution in [0.1, 0.15) is 44.2 Å². The number of rotatable bonds is 7. The topological polar surface area (TPSA) is 79.2 Å². The molecule has 0 bridgehead atoms. The first-order chi connectivity index (χ1) is 12.5. The van der Waals surface area contributed by atoms with E-state index in [2.05, 4.69) is 5.32 Å². The monoisotopic (exact) mass is 370 g/mol. The Balaban J connectivity index is 2.08. The third-order valence-electron chi connectivity index (χ3n) is 4.31. The van der Waals surface area contributed by atoms with E-state index in [1.807, 2.05) is 50.2 Å². The Hall–Kier alpha value is -2.65. The fourth-order valence-electron chi connectivity index (χ4n) is 2.60. The predicted octanol–water partition coefficient (Wildman–Crippen LogP) is 4.32. The second-order valence-electron chi connectivity index (χ2n) is 6.12. The molecule has 0 spiro atoms. The highest BCUT2D eigenvalue weighted by atomic mass is 32.1. The van der Waals surface area contributed by atoms with Crippen LogP contribution >= 0.6 is 11.3 Å². The smallest absolute Gasteiger partial charge is 0.314 e. The van der Waals surface area contributed by atoms with Crippen molar-refractivity contribution in [3.05, 3.63) is 52.9 Å². The lowest BCUT2D eigenvalue weighted by Gasteiger charge is -2.23. The van der Waals surface area contributed by atoms with E-state index in [0.29, 0.717) is 10.6 Å². The average molecular weight is 370 g/mol. The zero-order chi connectivity index (χ0) is 19.1. The minimum absolute atomic E-state index is 0.0858. The first-order valence-corrected chi connectivity index (χ1v) is 9.39. The number of carbonyl (C=O) groups excluding carboxylic acids is 2. The molecule has 2 rings (SSSR count). The first-order valence-electron chi connectivity index (χ1n) is 8.51. The van der Waals surface area contributed by atoms with Crippen LogP contribution in [-0.2, 0) is 14.3 Å². The number of hydrogen-bond donors (Lipinski definition) is 1. The lowest BCUT2D eigenvalue weighted by molar-refractivity contribution is -0.155. The summed E-state index contributed by atoms with van der Waals surface area (Å²) in [7, 11) is 0. The van der Waals surface area contributed by atoms with Crippen LogP contribution in [0, 0.1) is 17.2 Å². The van der Waals surface area contributed by atoms with Gasteiger partial charge in [-0.25, -0.2) is 0 Å². The molecule has 1 aromatic carbocycles. The average Bonchev–Trinajstić information content (AvgIpc) is 3.09. The number of nitriles is 1. The maximum atomic E-state index is 12.7. The van der Waals surface area contributed by atoms with E-state index >= 15 is 0 Å². The molecule has 0 aliphatic carbocycles. The summed E-state index contributed by atoms with van der Waals surface area (Å²) in [5, 5.41) is 13.8. The molecule has 3 atom stereocenters. The van der Waals surface area contributed by atoms with E-state index in [4.69, 9.17) is 10.00 Å². The summed E-state index contributed by atoms with van der Waals surface area (Å²) < 4.78 is 5.44. The van der Waals surface area contributed by atoms with Gasteiger partial charge < -0.3 is 10.1 Å². The molecule has 0 fully saturated rings. The van der Waals surface area contributed by atoms with Gasteiger partial charge in [-0.05, 0) is 29.9 Å².